The molecule has 148 valence electrons. The third kappa shape index (κ3) is 3.64. The lowest BCUT2D eigenvalue weighted by molar-refractivity contribution is -0.133. The topological polar surface area (TPSA) is 85.0 Å². The second-order valence-corrected chi connectivity index (χ2v) is 7.91. The van der Waals surface area contributed by atoms with E-state index in [0.717, 1.165) is 61.4 Å². The number of aromatic nitrogens is 4. The molecule has 1 saturated heterocycles. The Balaban J connectivity index is 1.46. The number of amides is 1. The summed E-state index contributed by atoms with van der Waals surface area (Å²) in [6.45, 7) is 3.45. The molecule has 0 bridgehead atoms. The van der Waals surface area contributed by atoms with Gasteiger partial charge in [-0.25, -0.2) is 9.97 Å². The average Bonchev–Trinajstić information content (AvgIpc) is 3.54. The summed E-state index contributed by atoms with van der Waals surface area (Å²) in [7, 11) is 0. The molecule has 0 atom stereocenters. The van der Waals surface area contributed by atoms with Gasteiger partial charge in [0, 0.05) is 43.4 Å². The van der Waals surface area contributed by atoms with E-state index >= 15 is 0 Å². The highest BCUT2D eigenvalue weighted by Gasteiger charge is 2.36. The lowest BCUT2D eigenvalue weighted by Crippen LogP contribution is -2.39. The van der Waals surface area contributed by atoms with Gasteiger partial charge in [0.05, 0.1) is 17.0 Å². The molecular weight excluding hydrogens is 366 g/mol. The normalized spacial score (nSPS) is 17.5. The summed E-state index contributed by atoms with van der Waals surface area (Å²) < 4.78 is 5.52. The minimum atomic E-state index is 0.240. The average molecular weight is 389 g/mol. The van der Waals surface area contributed by atoms with Crippen molar-refractivity contribution in [1.82, 2.24) is 25.0 Å². The maximum Gasteiger partial charge on any atom is 0.225 e. The number of hydrogen-bond donors (Lipinski definition) is 0. The molecule has 0 N–H and O–H groups in total. The summed E-state index contributed by atoms with van der Waals surface area (Å²) in [5, 5.41) is 4.03. The summed E-state index contributed by atoms with van der Waals surface area (Å²) in [6, 6.07) is 7.63. The molecule has 1 amide bonds. The molecule has 4 heterocycles. The van der Waals surface area contributed by atoms with Crippen molar-refractivity contribution in [3.8, 4) is 22.8 Å². The van der Waals surface area contributed by atoms with Gasteiger partial charge in [-0.1, -0.05) is 11.2 Å². The molecule has 3 aromatic rings. The lowest BCUT2D eigenvalue weighted by atomic mass is 9.90. The Morgan fingerprint density at radius 2 is 1.97 bits per heavy atom. The van der Waals surface area contributed by atoms with Crippen LogP contribution in [0.5, 0.6) is 0 Å². The molecule has 7 heteroatoms. The van der Waals surface area contributed by atoms with Crippen LogP contribution < -0.4 is 0 Å². The SMILES string of the molecule is Cc1cc(-c2cnc(-c3ccccn3)nc2C2CCN(C(=O)C3CC3)CC2)on1. The van der Waals surface area contributed by atoms with Gasteiger partial charge in [-0.15, -0.1) is 0 Å². The van der Waals surface area contributed by atoms with Crippen molar-refractivity contribution in [1.29, 1.82) is 0 Å². The summed E-state index contributed by atoms with van der Waals surface area (Å²) in [5.41, 5.74) is 3.40. The van der Waals surface area contributed by atoms with Gasteiger partial charge < -0.3 is 9.42 Å². The molecule has 1 aliphatic carbocycles. The monoisotopic (exact) mass is 389 g/mol. The van der Waals surface area contributed by atoms with Gasteiger partial charge in [0.2, 0.25) is 5.91 Å². The predicted molar refractivity (Wildman–Crippen MR) is 107 cm³/mol. The smallest absolute Gasteiger partial charge is 0.225 e. The van der Waals surface area contributed by atoms with Crippen LogP contribution in [0.2, 0.25) is 0 Å². The first-order chi connectivity index (χ1) is 14.2. The maximum absolute atomic E-state index is 12.4. The number of piperidine rings is 1. The van der Waals surface area contributed by atoms with Crippen LogP contribution in [0.1, 0.15) is 43.0 Å². The molecule has 7 nitrogen and oxygen atoms in total. The molecule has 2 fully saturated rings. The highest BCUT2D eigenvalue weighted by molar-refractivity contribution is 5.81. The van der Waals surface area contributed by atoms with Gasteiger partial charge in [-0.2, -0.15) is 0 Å². The van der Waals surface area contributed by atoms with Crippen LogP contribution in [-0.2, 0) is 4.79 Å². The molecule has 3 aromatic heterocycles. The van der Waals surface area contributed by atoms with Gasteiger partial charge in [0.1, 0.15) is 5.69 Å². The fourth-order valence-electron chi connectivity index (χ4n) is 3.97. The molecule has 1 saturated carbocycles. The van der Waals surface area contributed by atoms with Gasteiger partial charge in [-0.05, 0) is 44.7 Å². The third-order valence-corrected chi connectivity index (χ3v) is 5.73. The first-order valence-electron chi connectivity index (χ1n) is 10.2. The summed E-state index contributed by atoms with van der Waals surface area (Å²) in [5.74, 6) is 2.13. The second kappa shape index (κ2) is 7.39. The van der Waals surface area contributed by atoms with Crippen LogP contribution in [0.25, 0.3) is 22.8 Å². The van der Waals surface area contributed by atoms with E-state index in [4.69, 9.17) is 9.51 Å². The van der Waals surface area contributed by atoms with Crippen molar-refractivity contribution in [2.75, 3.05) is 13.1 Å². The van der Waals surface area contributed by atoms with E-state index in [1.807, 2.05) is 42.3 Å². The number of rotatable bonds is 4. The number of carbonyl (C=O) groups is 1. The molecule has 0 unspecified atom stereocenters. The van der Waals surface area contributed by atoms with Crippen LogP contribution in [-0.4, -0.2) is 44.0 Å². The van der Waals surface area contributed by atoms with E-state index in [0.29, 0.717) is 17.5 Å². The van der Waals surface area contributed by atoms with Crippen molar-refractivity contribution in [2.45, 2.75) is 38.5 Å². The fraction of sp³-hybridized carbons (Fsp3) is 0.409. The summed E-state index contributed by atoms with van der Waals surface area (Å²) in [4.78, 5) is 28.3. The van der Waals surface area contributed by atoms with Gasteiger partial charge in [0.15, 0.2) is 11.6 Å². The molecular formula is C22H23N5O2. The summed E-state index contributed by atoms with van der Waals surface area (Å²) in [6.07, 6.45) is 7.43. The zero-order valence-corrected chi connectivity index (χ0v) is 16.4. The molecule has 29 heavy (non-hydrogen) atoms. The van der Waals surface area contributed by atoms with Crippen LogP contribution in [0.4, 0.5) is 0 Å². The first-order valence-corrected chi connectivity index (χ1v) is 10.2. The Morgan fingerprint density at radius 3 is 2.62 bits per heavy atom. The first kappa shape index (κ1) is 18.0. The van der Waals surface area contributed by atoms with Crippen LogP contribution in [0.15, 0.2) is 41.2 Å². The second-order valence-electron chi connectivity index (χ2n) is 7.91. The Morgan fingerprint density at radius 1 is 1.14 bits per heavy atom. The zero-order valence-electron chi connectivity index (χ0n) is 16.4. The van der Waals surface area contributed by atoms with E-state index in [1.165, 1.54) is 0 Å². The lowest BCUT2D eigenvalue weighted by Gasteiger charge is -2.32. The van der Waals surface area contributed by atoms with Crippen LogP contribution in [0, 0.1) is 12.8 Å². The Bertz CT molecular complexity index is 1020. The Kier molecular flexibility index (Phi) is 4.58. The summed E-state index contributed by atoms with van der Waals surface area (Å²) >= 11 is 0. The molecule has 0 radical (unpaired) electrons. The quantitative estimate of drug-likeness (QED) is 0.678. The molecule has 0 aromatic carbocycles. The van der Waals surface area contributed by atoms with Crippen LogP contribution >= 0.6 is 0 Å². The zero-order chi connectivity index (χ0) is 19.8. The van der Waals surface area contributed by atoms with Crippen molar-refractivity contribution in [2.24, 2.45) is 5.92 Å². The number of aryl methyl sites for hydroxylation is 1. The standard InChI is InChI=1S/C22H23N5O2/c1-14-12-19(29-26-14)17-13-24-21(18-4-2-3-9-23-18)25-20(17)15-7-10-27(11-8-15)22(28)16-5-6-16/h2-4,9,12-13,15-16H,5-8,10-11H2,1H3. The molecule has 0 spiro atoms. The Hall–Kier alpha value is -3.09. The van der Waals surface area contributed by atoms with E-state index in [-0.39, 0.29) is 11.8 Å². The number of nitrogens with zero attached hydrogens (tertiary/aromatic N) is 5. The Labute approximate surface area is 169 Å². The minimum Gasteiger partial charge on any atom is -0.356 e. The van der Waals surface area contributed by atoms with E-state index in [1.54, 1.807) is 6.20 Å². The van der Waals surface area contributed by atoms with Crippen molar-refractivity contribution in [3.63, 3.8) is 0 Å². The molecule has 1 aliphatic heterocycles. The number of hydrogen-bond acceptors (Lipinski definition) is 6. The fourth-order valence-corrected chi connectivity index (χ4v) is 3.97. The van der Waals surface area contributed by atoms with Gasteiger partial charge in [-0.3, -0.25) is 9.78 Å². The largest absolute Gasteiger partial charge is 0.356 e. The predicted octanol–water partition coefficient (Wildman–Crippen LogP) is 3.62. The van der Waals surface area contributed by atoms with Crippen molar-refractivity contribution in [3.05, 3.63) is 48.0 Å². The highest BCUT2D eigenvalue weighted by atomic mass is 16.5. The number of pyridine rings is 1. The van der Waals surface area contributed by atoms with E-state index in [2.05, 4.69) is 15.1 Å². The number of likely N-dealkylation sites (tertiary alicyclic amines) is 1. The van der Waals surface area contributed by atoms with E-state index < -0.39 is 0 Å². The van der Waals surface area contributed by atoms with Crippen molar-refractivity contribution < 1.29 is 9.32 Å². The minimum absolute atomic E-state index is 0.240. The maximum atomic E-state index is 12.4. The van der Waals surface area contributed by atoms with Gasteiger partial charge >= 0.3 is 0 Å². The molecule has 5 rings (SSSR count). The number of carbonyl (C=O) groups excluding carboxylic acids is 1. The van der Waals surface area contributed by atoms with Crippen LogP contribution in [0.3, 0.4) is 0 Å². The van der Waals surface area contributed by atoms with E-state index in [9.17, 15) is 4.79 Å². The van der Waals surface area contributed by atoms with Gasteiger partial charge in [0.25, 0.3) is 0 Å². The highest BCUT2D eigenvalue weighted by Crippen LogP contribution is 2.37. The van der Waals surface area contributed by atoms with Crippen molar-refractivity contribution >= 4 is 5.91 Å². The third-order valence-electron chi connectivity index (χ3n) is 5.73. The molecule has 2 aliphatic rings.